The highest BCUT2D eigenvalue weighted by atomic mass is 35.5. The molecule has 84 valence electrons. The van der Waals surface area contributed by atoms with Crippen LogP contribution >= 0.6 is 11.6 Å². The van der Waals surface area contributed by atoms with E-state index in [0.717, 1.165) is 0 Å². The normalized spacial score (nSPS) is 10.4. The number of anilines is 1. The Balaban J connectivity index is 2.02. The van der Waals surface area contributed by atoms with Crippen LogP contribution < -0.4 is 10.5 Å². The summed E-state index contributed by atoms with van der Waals surface area (Å²) in [5.41, 5.74) is 5.55. The molecule has 2 N–H and O–H groups in total. The minimum absolute atomic E-state index is 0.269. The van der Waals surface area contributed by atoms with Gasteiger partial charge in [-0.15, -0.1) is 0 Å². The molecule has 5 nitrogen and oxygen atoms in total. The van der Waals surface area contributed by atoms with E-state index in [1.54, 1.807) is 19.2 Å². The van der Waals surface area contributed by atoms with Gasteiger partial charge in [-0.3, -0.25) is 0 Å². The van der Waals surface area contributed by atoms with Crippen molar-refractivity contribution in [3.05, 3.63) is 35.1 Å². The summed E-state index contributed by atoms with van der Waals surface area (Å²) in [7, 11) is 1.73. The second-order valence-electron chi connectivity index (χ2n) is 3.26. The number of nitrogen functional groups attached to an aromatic ring is 1. The van der Waals surface area contributed by atoms with Gasteiger partial charge in [0, 0.05) is 12.1 Å². The third kappa shape index (κ3) is 2.43. The minimum Gasteiger partial charge on any atom is -0.485 e. The van der Waals surface area contributed by atoms with E-state index in [-0.39, 0.29) is 6.61 Å². The van der Waals surface area contributed by atoms with Crippen LogP contribution in [0.15, 0.2) is 24.3 Å². The number of benzene rings is 1. The summed E-state index contributed by atoms with van der Waals surface area (Å²) in [6.45, 7) is 0.269. The molecule has 1 aromatic carbocycles. The Hall–Kier alpha value is -1.75. The van der Waals surface area contributed by atoms with Gasteiger partial charge in [0.25, 0.3) is 0 Å². The van der Waals surface area contributed by atoms with Crippen molar-refractivity contribution < 1.29 is 4.74 Å². The largest absolute Gasteiger partial charge is 0.485 e. The molecule has 2 aromatic rings. The summed E-state index contributed by atoms with van der Waals surface area (Å²) in [5, 5.41) is 4.70. The Kier molecular flexibility index (Phi) is 2.96. The fourth-order valence-electron chi connectivity index (χ4n) is 1.22. The number of hydrogen-bond acceptors (Lipinski definition) is 4. The number of nitrogens with two attached hydrogens (primary N) is 1. The molecular formula is C10H11ClN4O. The van der Waals surface area contributed by atoms with Crippen LogP contribution in [0.2, 0.25) is 5.02 Å². The van der Waals surface area contributed by atoms with Gasteiger partial charge in [-0.05, 0) is 18.2 Å². The topological polar surface area (TPSA) is 66.0 Å². The predicted molar refractivity (Wildman–Crippen MR) is 61.2 cm³/mol. The first kappa shape index (κ1) is 10.8. The molecule has 0 atom stereocenters. The van der Waals surface area contributed by atoms with Crippen LogP contribution in [0.3, 0.4) is 0 Å². The molecule has 2 rings (SSSR count). The zero-order valence-corrected chi connectivity index (χ0v) is 9.48. The predicted octanol–water partition coefficient (Wildman–Crippen LogP) is 1.63. The molecular weight excluding hydrogens is 228 g/mol. The lowest BCUT2D eigenvalue weighted by atomic mass is 10.3. The summed E-state index contributed by atoms with van der Waals surface area (Å²) in [5.74, 6) is 1.59. The maximum Gasteiger partial charge on any atom is 0.218 e. The highest BCUT2D eigenvalue weighted by Gasteiger charge is 2.04. The molecule has 0 radical (unpaired) electrons. The third-order valence-electron chi connectivity index (χ3n) is 2.00. The maximum absolute atomic E-state index is 5.82. The summed E-state index contributed by atoms with van der Waals surface area (Å²) >= 11 is 5.82. The van der Waals surface area contributed by atoms with E-state index in [1.807, 2.05) is 12.1 Å². The fraction of sp³-hybridized carbons (Fsp3) is 0.200. The van der Waals surface area contributed by atoms with E-state index >= 15 is 0 Å². The second kappa shape index (κ2) is 4.40. The Labute approximate surface area is 97.8 Å². The number of hydrogen-bond donors (Lipinski definition) is 1. The van der Waals surface area contributed by atoms with Crippen molar-refractivity contribution in [3.8, 4) is 5.75 Å². The molecule has 0 spiro atoms. The van der Waals surface area contributed by atoms with Gasteiger partial charge < -0.3 is 10.5 Å². The molecule has 16 heavy (non-hydrogen) atoms. The first-order valence-electron chi connectivity index (χ1n) is 4.69. The molecule has 0 unspecified atom stereocenters. The lowest BCUT2D eigenvalue weighted by molar-refractivity contribution is 0.295. The van der Waals surface area contributed by atoms with Gasteiger partial charge in [0.15, 0.2) is 5.82 Å². The molecule has 0 saturated carbocycles. The molecule has 0 amide bonds. The lowest BCUT2D eigenvalue weighted by Gasteiger charge is -2.02. The number of aryl methyl sites for hydroxylation is 1. The van der Waals surface area contributed by atoms with Crippen LogP contribution in [-0.2, 0) is 13.7 Å². The Morgan fingerprint density at radius 2 is 2.31 bits per heavy atom. The van der Waals surface area contributed by atoms with Gasteiger partial charge in [0.05, 0.1) is 0 Å². The van der Waals surface area contributed by atoms with Gasteiger partial charge in [-0.2, -0.15) is 10.1 Å². The quantitative estimate of drug-likeness (QED) is 0.883. The number of nitrogens with zero attached hydrogens (tertiary/aromatic N) is 3. The maximum atomic E-state index is 5.82. The van der Waals surface area contributed by atoms with E-state index < -0.39 is 0 Å². The average molecular weight is 239 g/mol. The summed E-state index contributed by atoms with van der Waals surface area (Å²) < 4.78 is 6.96. The number of rotatable bonds is 3. The van der Waals surface area contributed by atoms with Crippen LogP contribution in [-0.4, -0.2) is 14.8 Å². The molecule has 6 heteroatoms. The third-order valence-corrected chi connectivity index (χ3v) is 2.24. The molecule has 0 aliphatic carbocycles. The van der Waals surface area contributed by atoms with Crippen LogP contribution in [0, 0.1) is 0 Å². The van der Waals surface area contributed by atoms with Crippen molar-refractivity contribution in [1.82, 2.24) is 14.8 Å². The van der Waals surface area contributed by atoms with E-state index in [2.05, 4.69) is 10.1 Å². The zero-order valence-electron chi connectivity index (χ0n) is 8.72. The SMILES string of the molecule is Cn1nc(COc2cccc(Cl)c2)nc1N. The van der Waals surface area contributed by atoms with Crippen molar-refractivity contribution in [2.45, 2.75) is 6.61 Å². The van der Waals surface area contributed by atoms with Crippen molar-refractivity contribution in [2.24, 2.45) is 7.05 Å². The zero-order chi connectivity index (χ0) is 11.5. The van der Waals surface area contributed by atoms with Crippen molar-refractivity contribution in [1.29, 1.82) is 0 Å². The average Bonchev–Trinajstić information content (AvgIpc) is 2.56. The molecule has 0 saturated heterocycles. The molecule has 0 fully saturated rings. The van der Waals surface area contributed by atoms with Gasteiger partial charge in [0.2, 0.25) is 5.95 Å². The Bertz CT molecular complexity index is 478. The summed E-state index contributed by atoms with van der Waals surface area (Å²) in [6.07, 6.45) is 0. The van der Waals surface area contributed by atoms with Gasteiger partial charge >= 0.3 is 0 Å². The number of aromatic nitrogens is 3. The van der Waals surface area contributed by atoms with Gasteiger partial charge in [0.1, 0.15) is 12.4 Å². The minimum atomic E-state index is 0.269. The van der Waals surface area contributed by atoms with E-state index in [9.17, 15) is 0 Å². The summed E-state index contributed by atoms with van der Waals surface area (Å²) in [6, 6.07) is 7.15. The molecule has 0 bridgehead atoms. The molecule has 0 aliphatic heterocycles. The van der Waals surface area contributed by atoms with Crippen molar-refractivity contribution in [3.63, 3.8) is 0 Å². The first-order valence-corrected chi connectivity index (χ1v) is 5.06. The smallest absolute Gasteiger partial charge is 0.218 e. The number of ether oxygens (including phenoxy) is 1. The monoisotopic (exact) mass is 238 g/mol. The highest BCUT2D eigenvalue weighted by molar-refractivity contribution is 6.30. The van der Waals surface area contributed by atoms with Gasteiger partial charge in [-0.25, -0.2) is 4.68 Å². The van der Waals surface area contributed by atoms with Crippen molar-refractivity contribution >= 4 is 17.5 Å². The number of halogens is 1. The fourth-order valence-corrected chi connectivity index (χ4v) is 1.40. The van der Waals surface area contributed by atoms with Crippen molar-refractivity contribution in [2.75, 3.05) is 5.73 Å². The van der Waals surface area contributed by atoms with Crippen LogP contribution in [0.1, 0.15) is 5.82 Å². The summed E-state index contributed by atoms with van der Waals surface area (Å²) in [4.78, 5) is 4.02. The van der Waals surface area contributed by atoms with E-state index in [0.29, 0.717) is 22.5 Å². The molecule has 1 aromatic heterocycles. The molecule has 1 heterocycles. The van der Waals surface area contributed by atoms with E-state index in [4.69, 9.17) is 22.1 Å². The Morgan fingerprint density at radius 3 is 2.94 bits per heavy atom. The highest BCUT2D eigenvalue weighted by Crippen LogP contribution is 2.17. The first-order chi connectivity index (χ1) is 7.65. The van der Waals surface area contributed by atoms with Crippen LogP contribution in [0.5, 0.6) is 5.75 Å². The van der Waals surface area contributed by atoms with E-state index in [1.165, 1.54) is 4.68 Å². The van der Waals surface area contributed by atoms with Crippen LogP contribution in [0.25, 0.3) is 0 Å². The molecule has 0 aliphatic rings. The van der Waals surface area contributed by atoms with Gasteiger partial charge in [-0.1, -0.05) is 17.7 Å². The van der Waals surface area contributed by atoms with Crippen LogP contribution in [0.4, 0.5) is 5.95 Å². The lowest BCUT2D eigenvalue weighted by Crippen LogP contribution is -1.99. The second-order valence-corrected chi connectivity index (χ2v) is 3.69. The Morgan fingerprint density at radius 1 is 1.50 bits per heavy atom. The standard InChI is InChI=1S/C10H11ClN4O/c1-15-10(12)13-9(14-15)6-16-8-4-2-3-7(11)5-8/h2-5H,6H2,1H3,(H2,12,13,14).